The molecular formula is C12H12BrNO4. The molecule has 0 aliphatic carbocycles. The summed E-state index contributed by atoms with van der Waals surface area (Å²) in [4.78, 5) is 24.6. The number of ketones is 1. The highest BCUT2D eigenvalue weighted by Crippen LogP contribution is 2.25. The average Bonchev–Trinajstić information content (AvgIpc) is 2.75. The van der Waals surface area contributed by atoms with Crippen LogP contribution in [0.4, 0.5) is 4.79 Å². The van der Waals surface area contributed by atoms with E-state index in [1.54, 1.807) is 25.3 Å². The third-order valence-corrected chi connectivity index (χ3v) is 3.27. The number of carbonyl (C=O) groups excluding carboxylic acids is 2. The van der Waals surface area contributed by atoms with Crippen LogP contribution in [0, 0.1) is 0 Å². The van der Waals surface area contributed by atoms with Crippen molar-refractivity contribution in [1.82, 2.24) is 4.90 Å². The quantitative estimate of drug-likeness (QED) is 0.799. The first kappa shape index (κ1) is 12.9. The fourth-order valence-corrected chi connectivity index (χ4v) is 2.21. The Bertz CT molecular complexity index is 489. The van der Waals surface area contributed by atoms with Crippen LogP contribution in [0.25, 0.3) is 0 Å². The van der Waals surface area contributed by atoms with Crippen LogP contribution in [0.5, 0.6) is 5.75 Å². The van der Waals surface area contributed by atoms with Gasteiger partial charge in [-0.05, 0) is 34.1 Å². The molecule has 0 aromatic heterocycles. The molecule has 1 aliphatic rings. The van der Waals surface area contributed by atoms with Crippen molar-refractivity contribution in [1.29, 1.82) is 0 Å². The predicted molar refractivity (Wildman–Crippen MR) is 67.9 cm³/mol. The van der Waals surface area contributed by atoms with Crippen LogP contribution in [0.3, 0.4) is 0 Å². The Morgan fingerprint density at radius 1 is 1.56 bits per heavy atom. The minimum Gasteiger partial charge on any atom is -0.496 e. The number of carbonyl (C=O) groups is 2. The second kappa shape index (κ2) is 5.39. The molecule has 18 heavy (non-hydrogen) atoms. The summed E-state index contributed by atoms with van der Waals surface area (Å²) in [6.45, 7) is 0.845. The zero-order chi connectivity index (χ0) is 13.1. The Hall–Kier alpha value is -1.56. The molecule has 0 unspecified atom stereocenters. The van der Waals surface area contributed by atoms with Crippen molar-refractivity contribution < 1.29 is 19.1 Å². The molecule has 2 rings (SSSR count). The molecule has 1 heterocycles. The van der Waals surface area contributed by atoms with Crippen LogP contribution in [0.1, 0.15) is 10.4 Å². The molecule has 6 heteroatoms. The van der Waals surface area contributed by atoms with Crippen molar-refractivity contribution in [2.24, 2.45) is 0 Å². The van der Waals surface area contributed by atoms with Gasteiger partial charge in [-0.1, -0.05) is 0 Å². The number of Topliss-reactive ketones (excluding diaryl/α,β-unsaturated/α-hetero) is 1. The van der Waals surface area contributed by atoms with E-state index >= 15 is 0 Å². The van der Waals surface area contributed by atoms with E-state index in [1.807, 2.05) is 0 Å². The summed E-state index contributed by atoms with van der Waals surface area (Å²) in [5, 5.41) is 0. The highest BCUT2D eigenvalue weighted by atomic mass is 79.9. The third kappa shape index (κ3) is 2.64. The summed E-state index contributed by atoms with van der Waals surface area (Å²) in [5.41, 5.74) is 0.530. The molecule has 0 spiro atoms. The first-order valence-electron chi connectivity index (χ1n) is 5.40. The summed E-state index contributed by atoms with van der Waals surface area (Å²) in [5.74, 6) is 0.532. The van der Waals surface area contributed by atoms with E-state index in [4.69, 9.17) is 9.47 Å². The van der Waals surface area contributed by atoms with Crippen LogP contribution >= 0.6 is 15.9 Å². The maximum atomic E-state index is 12.0. The third-order valence-electron chi connectivity index (χ3n) is 2.65. The molecule has 1 amide bonds. The number of hydrogen-bond donors (Lipinski definition) is 0. The van der Waals surface area contributed by atoms with Gasteiger partial charge in [0.05, 0.1) is 24.7 Å². The van der Waals surface area contributed by atoms with Gasteiger partial charge in [0.15, 0.2) is 5.78 Å². The molecule has 1 aromatic rings. The van der Waals surface area contributed by atoms with E-state index in [2.05, 4.69) is 15.9 Å². The number of halogens is 1. The van der Waals surface area contributed by atoms with Gasteiger partial charge in [-0.15, -0.1) is 0 Å². The number of amides is 1. The molecule has 1 fully saturated rings. The van der Waals surface area contributed by atoms with Crippen LogP contribution < -0.4 is 4.74 Å². The number of ether oxygens (including phenoxy) is 2. The molecule has 0 radical (unpaired) electrons. The fourth-order valence-electron chi connectivity index (χ4n) is 1.67. The SMILES string of the molecule is COc1ccc(C(=O)CN2CCOC2=O)cc1Br. The second-order valence-corrected chi connectivity index (χ2v) is 4.66. The molecule has 1 aliphatic heterocycles. The van der Waals surface area contributed by atoms with E-state index in [0.717, 1.165) is 0 Å². The highest BCUT2D eigenvalue weighted by molar-refractivity contribution is 9.10. The number of methoxy groups -OCH3 is 1. The summed E-state index contributed by atoms with van der Waals surface area (Å²) in [6, 6.07) is 5.07. The topological polar surface area (TPSA) is 55.8 Å². The van der Waals surface area contributed by atoms with Crippen molar-refractivity contribution in [2.45, 2.75) is 0 Å². The molecule has 1 saturated heterocycles. The minimum absolute atomic E-state index is 0.0393. The number of rotatable bonds is 4. The van der Waals surface area contributed by atoms with Gasteiger partial charge in [0.2, 0.25) is 0 Å². The summed E-state index contributed by atoms with van der Waals surface area (Å²) < 4.78 is 10.6. The predicted octanol–water partition coefficient (Wildman–Crippen LogP) is 2.09. The zero-order valence-corrected chi connectivity index (χ0v) is 11.4. The van der Waals surface area contributed by atoms with Gasteiger partial charge in [-0.3, -0.25) is 9.69 Å². The Morgan fingerprint density at radius 3 is 2.89 bits per heavy atom. The van der Waals surface area contributed by atoms with Crippen molar-refractivity contribution in [2.75, 3.05) is 26.8 Å². The monoisotopic (exact) mass is 313 g/mol. The molecule has 1 aromatic carbocycles. The Kier molecular flexibility index (Phi) is 3.86. The fraction of sp³-hybridized carbons (Fsp3) is 0.333. The van der Waals surface area contributed by atoms with Gasteiger partial charge < -0.3 is 9.47 Å². The second-order valence-electron chi connectivity index (χ2n) is 3.81. The Morgan fingerprint density at radius 2 is 2.33 bits per heavy atom. The van der Waals surface area contributed by atoms with E-state index in [-0.39, 0.29) is 12.3 Å². The lowest BCUT2D eigenvalue weighted by atomic mass is 10.1. The lowest BCUT2D eigenvalue weighted by molar-refractivity contribution is 0.0943. The normalized spacial score (nSPS) is 14.6. The van der Waals surface area contributed by atoms with Gasteiger partial charge in [-0.25, -0.2) is 4.79 Å². The maximum Gasteiger partial charge on any atom is 0.410 e. The summed E-state index contributed by atoms with van der Waals surface area (Å²) in [6.07, 6.45) is -0.434. The molecule has 0 bridgehead atoms. The van der Waals surface area contributed by atoms with E-state index in [1.165, 1.54) is 4.90 Å². The smallest absolute Gasteiger partial charge is 0.410 e. The van der Waals surface area contributed by atoms with Gasteiger partial charge >= 0.3 is 6.09 Å². The van der Waals surface area contributed by atoms with Crippen LogP contribution in [-0.2, 0) is 4.74 Å². The van der Waals surface area contributed by atoms with Crippen molar-refractivity contribution in [3.05, 3.63) is 28.2 Å². The lowest BCUT2D eigenvalue weighted by Gasteiger charge is -2.12. The number of hydrogen-bond acceptors (Lipinski definition) is 4. The molecular weight excluding hydrogens is 302 g/mol. The minimum atomic E-state index is -0.434. The number of nitrogens with zero attached hydrogens (tertiary/aromatic N) is 1. The number of benzene rings is 1. The van der Waals surface area contributed by atoms with Crippen molar-refractivity contribution in [3.8, 4) is 5.75 Å². The zero-order valence-electron chi connectivity index (χ0n) is 9.81. The van der Waals surface area contributed by atoms with Gasteiger partial charge in [-0.2, -0.15) is 0 Å². The van der Waals surface area contributed by atoms with E-state index in [9.17, 15) is 9.59 Å². The van der Waals surface area contributed by atoms with Crippen LogP contribution in [0.2, 0.25) is 0 Å². The maximum absolute atomic E-state index is 12.0. The number of cyclic esters (lactones) is 1. The van der Waals surface area contributed by atoms with Crippen LogP contribution in [-0.4, -0.2) is 43.6 Å². The molecule has 96 valence electrons. The van der Waals surface area contributed by atoms with Gasteiger partial charge in [0.1, 0.15) is 12.4 Å². The van der Waals surface area contributed by atoms with Gasteiger partial charge in [0, 0.05) is 5.56 Å². The lowest BCUT2D eigenvalue weighted by Crippen LogP contribution is -2.30. The Labute approximate surface area is 113 Å². The van der Waals surface area contributed by atoms with E-state index < -0.39 is 6.09 Å². The molecule has 0 saturated carbocycles. The first-order valence-corrected chi connectivity index (χ1v) is 6.19. The first-order chi connectivity index (χ1) is 8.61. The largest absolute Gasteiger partial charge is 0.496 e. The highest BCUT2D eigenvalue weighted by Gasteiger charge is 2.24. The Balaban J connectivity index is 2.09. The summed E-state index contributed by atoms with van der Waals surface area (Å²) >= 11 is 3.32. The summed E-state index contributed by atoms with van der Waals surface area (Å²) in [7, 11) is 1.56. The average molecular weight is 314 g/mol. The molecule has 0 atom stereocenters. The van der Waals surface area contributed by atoms with Gasteiger partial charge in [0.25, 0.3) is 0 Å². The molecule has 0 N–H and O–H groups in total. The van der Waals surface area contributed by atoms with Crippen molar-refractivity contribution >= 4 is 27.8 Å². The van der Waals surface area contributed by atoms with Crippen LogP contribution in [0.15, 0.2) is 22.7 Å². The van der Waals surface area contributed by atoms with Crippen molar-refractivity contribution in [3.63, 3.8) is 0 Å². The molecule has 5 nitrogen and oxygen atoms in total. The standard InChI is InChI=1S/C12H12BrNO4/c1-17-11-3-2-8(6-9(11)13)10(15)7-14-4-5-18-12(14)16/h2-3,6H,4-5,7H2,1H3. The van der Waals surface area contributed by atoms with E-state index in [0.29, 0.717) is 28.9 Å².